The van der Waals surface area contributed by atoms with E-state index in [4.69, 9.17) is 15.7 Å². The summed E-state index contributed by atoms with van der Waals surface area (Å²) in [5, 5.41) is 12.1. The Hall–Kier alpha value is -2.40. The van der Waals surface area contributed by atoms with E-state index >= 15 is 0 Å². The van der Waals surface area contributed by atoms with E-state index in [-0.39, 0.29) is 17.9 Å². The first-order valence-electron chi connectivity index (χ1n) is 6.23. The van der Waals surface area contributed by atoms with Crippen LogP contribution in [-0.2, 0) is 0 Å². The number of anilines is 3. The van der Waals surface area contributed by atoms with Crippen LogP contribution in [0.1, 0.15) is 18.9 Å². The highest BCUT2D eigenvalue weighted by Crippen LogP contribution is 2.23. The zero-order chi connectivity index (χ0) is 15.2. The first-order chi connectivity index (χ1) is 10.1. The average molecular weight is 349 g/mol. The Morgan fingerprint density at radius 2 is 2.19 bits per heavy atom. The molecule has 1 aromatic carbocycles. The smallest absolute Gasteiger partial charge is 0.323 e. The van der Waals surface area contributed by atoms with Crippen LogP contribution in [0.2, 0.25) is 0 Å². The molecule has 0 spiro atoms. The third-order valence-electron chi connectivity index (χ3n) is 2.42. The summed E-state index contributed by atoms with van der Waals surface area (Å²) in [4.78, 5) is 12.0. The van der Waals surface area contributed by atoms with E-state index in [0.717, 1.165) is 10.9 Å². The van der Waals surface area contributed by atoms with Gasteiger partial charge in [-0.25, -0.2) is 0 Å². The summed E-state index contributed by atoms with van der Waals surface area (Å²) in [6.07, 6.45) is 0.833. The molecule has 0 aliphatic rings. The van der Waals surface area contributed by atoms with E-state index in [0.29, 0.717) is 17.9 Å². The van der Waals surface area contributed by atoms with E-state index in [1.807, 2.05) is 13.0 Å². The zero-order valence-electron chi connectivity index (χ0n) is 11.3. The van der Waals surface area contributed by atoms with Gasteiger partial charge in [0.25, 0.3) is 0 Å². The van der Waals surface area contributed by atoms with Crippen LogP contribution >= 0.6 is 15.9 Å². The van der Waals surface area contributed by atoms with Crippen molar-refractivity contribution >= 4 is 33.5 Å². The van der Waals surface area contributed by atoms with E-state index in [2.05, 4.69) is 42.3 Å². The van der Waals surface area contributed by atoms with Crippen molar-refractivity contribution in [2.45, 2.75) is 13.3 Å². The van der Waals surface area contributed by atoms with Crippen LogP contribution in [0.15, 0.2) is 22.7 Å². The number of hydrogen-bond donors (Lipinski definition) is 2. The summed E-state index contributed by atoms with van der Waals surface area (Å²) in [6.45, 7) is 2.47. The number of nitrogens with one attached hydrogen (secondary N) is 1. The molecule has 21 heavy (non-hydrogen) atoms. The van der Waals surface area contributed by atoms with Crippen LogP contribution in [0.25, 0.3) is 0 Å². The molecule has 0 saturated heterocycles. The maximum atomic E-state index is 9.13. The van der Waals surface area contributed by atoms with Crippen molar-refractivity contribution in [3.05, 3.63) is 28.2 Å². The van der Waals surface area contributed by atoms with E-state index in [1.54, 1.807) is 12.1 Å². The number of nitrogens with two attached hydrogens (primary N) is 1. The molecule has 0 fully saturated rings. The lowest BCUT2D eigenvalue weighted by molar-refractivity contribution is 0.292. The lowest BCUT2D eigenvalue weighted by atomic mass is 10.2. The van der Waals surface area contributed by atoms with Crippen LogP contribution in [0.4, 0.5) is 17.6 Å². The van der Waals surface area contributed by atoms with Gasteiger partial charge in [0.2, 0.25) is 11.9 Å². The fourth-order valence-electron chi connectivity index (χ4n) is 1.52. The molecular weight excluding hydrogens is 336 g/mol. The maximum Gasteiger partial charge on any atom is 0.323 e. The van der Waals surface area contributed by atoms with Crippen LogP contribution < -0.4 is 15.8 Å². The van der Waals surface area contributed by atoms with Crippen LogP contribution in [0, 0.1) is 11.3 Å². The minimum absolute atomic E-state index is 0.0502. The summed E-state index contributed by atoms with van der Waals surface area (Å²) in [5.41, 5.74) is 6.66. The molecule has 108 valence electrons. The topological polar surface area (TPSA) is 110 Å². The van der Waals surface area contributed by atoms with Crippen molar-refractivity contribution in [1.29, 1.82) is 5.26 Å². The number of hydrogen-bond acceptors (Lipinski definition) is 7. The second-order valence-electron chi connectivity index (χ2n) is 4.07. The molecule has 2 rings (SSSR count). The van der Waals surface area contributed by atoms with E-state index in [1.165, 1.54) is 0 Å². The van der Waals surface area contributed by atoms with Crippen molar-refractivity contribution in [2.75, 3.05) is 17.7 Å². The first kappa shape index (κ1) is 15.0. The standard InChI is InChI=1S/C13H13BrN6O/c1-2-5-21-13-19-11(16)18-12(20-13)17-10-4-3-9(14)6-8(10)7-15/h3-4,6H,2,5H2,1H3,(H3,16,17,18,19,20). The largest absolute Gasteiger partial charge is 0.463 e. The van der Waals surface area contributed by atoms with Crippen molar-refractivity contribution in [3.8, 4) is 12.1 Å². The SMILES string of the molecule is CCCOc1nc(N)nc(Nc2ccc(Br)cc2C#N)n1. The highest BCUT2D eigenvalue weighted by Gasteiger charge is 2.08. The van der Waals surface area contributed by atoms with E-state index in [9.17, 15) is 0 Å². The van der Waals surface area contributed by atoms with Gasteiger partial charge >= 0.3 is 6.01 Å². The van der Waals surface area contributed by atoms with Crippen molar-refractivity contribution in [1.82, 2.24) is 15.0 Å². The Bertz CT molecular complexity index is 685. The summed E-state index contributed by atoms with van der Waals surface area (Å²) < 4.78 is 6.15. The van der Waals surface area contributed by atoms with Crippen LogP contribution in [0.5, 0.6) is 6.01 Å². The molecule has 0 amide bonds. The normalized spacial score (nSPS) is 9.95. The Morgan fingerprint density at radius 3 is 2.90 bits per heavy atom. The Kier molecular flexibility index (Phi) is 4.90. The second-order valence-corrected chi connectivity index (χ2v) is 4.99. The molecule has 1 heterocycles. The molecule has 0 aliphatic heterocycles. The molecule has 0 atom stereocenters. The fraction of sp³-hybridized carbons (Fsp3) is 0.231. The van der Waals surface area contributed by atoms with Gasteiger partial charge in [-0.1, -0.05) is 22.9 Å². The molecule has 0 aliphatic carbocycles. The molecule has 1 aromatic heterocycles. The zero-order valence-corrected chi connectivity index (χ0v) is 12.9. The summed E-state index contributed by atoms with van der Waals surface area (Å²) in [5.74, 6) is 0.279. The maximum absolute atomic E-state index is 9.13. The summed E-state index contributed by atoms with van der Waals surface area (Å²) in [7, 11) is 0. The number of rotatable bonds is 5. The Labute approximate surface area is 130 Å². The first-order valence-corrected chi connectivity index (χ1v) is 7.02. The number of nitriles is 1. The van der Waals surface area contributed by atoms with E-state index < -0.39 is 0 Å². The average Bonchev–Trinajstić information content (AvgIpc) is 2.46. The van der Waals surface area contributed by atoms with Gasteiger partial charge in [0.15, 0.2) is 0 Å². The molecule has 0 unspecified atom stereocenters. The predicted octanol–water partition coefficient (Wildman–Crippen LogP) is 2.62. The summed E-state index contributed by atoms with van der Waals surface area (Å²) >= 11 is 3.31. The Morgan fingerprint density at radius 1 is 1.38 bits per heavy atom. The second kappa shape index (κ2) is 6.85. The molecule has 7 nitrogen and oxygen atoms in total. The molecule has 0 bridgehead atoms. The highest BCUT2D eigenvalue weighted by atomic mass is 79.9. The number of nitrogen functional groups attached to an aromatic ring is 1. The van der Waals surface area contributed by atoms with Gasteiger partial charge in [-0.3, -0.25) is 0 Å². The molecule has 2 aromatic rings. The van der Waals surface area contributed by atoms with Gasteiger partial charge in [0.05, 0.1) is 17.9 Å². The van der Waals surface area contributed by atoms with Crippen LogP contribution in [0.3, 0.4) is 0 Å². The van der Waals surface area contributed by atoms with Crippen LogP contribution in [-0.4, -0.2) is 21.6 Å². The van der Waals surface area contributed by atoms with Gasteiger partial charge in [-0.2, -0.15) is 20.2 Å². The molecular formula is C13H13BrN6O. The van der Waals surface area contributed by atoms with Crippen molar-refractivity contribution in [3.63, 3.8) is 0 Å². The predicted molar refractivity (Wildman–Crippen MR) is 82.2 cm³/mol. The molecule has 8 heteroatoms. The lowest BCUT2D eigenvalue weighted by Gasteiger charge is -2.09. The van der Waals surface area contributed by atoms with Gasteiger partial charge in [0.1, 0.15) is 6.07 Å². The highest BCUT2D eigenvalue weighted by molar-refractivity contribution is 9.10. The van der Waals surface area contributed by atoms with Gasteiger partial charge in [0, 0.05) is 4.47 Å². The van der Waals surface area contributed by atoms with Gasteiger partial charge in [-0.15, -0.1) is 0 Å². The fourth-order valence-corrected chi connectivity index (χ4v) is 1.89. The molecule has 0 saturated carbocycles. The summed E-state index contributed by atoms with van der Waals surface area (Å²) in [6, 6.07) is 7.50. The minimum Gasteiger partial charge on any atom is -0.463 e. The third kappa shape index (κ3) is 4.03. The van der Waals surface area contributed by atoms with Gasteiger partial charge < -0.3 is 15.8 Å². The van der Waals surface area contributed by atoms with Crippen molar-refractivity contribution in [2.24, 2.45) is 0 Å². The Balaban J connectivity index is 2.27. The number of nitrogens with zero attached hydrogens (tertiary/aromatic N) is 4. The lowest BCUT2D eigenvalue weighted by Crippen LogP contribution is -2.07. The number of aromatic nitrogens is 3. The van der Waals surface area contributed by atoms with Crippen molar-refractivity contribution < 1.29 is 4.74 Å². The third-order valence-corrected chi connectivity index (χ3v) is 2.91. The number of ether oxygens (including phenoxy) is 1. The number of benzene rings is 1. The molecule has 0 radical (unpaired) electrons. The van der Waals surface area contributed by atoms with Gasteiger partial charge in [-0.05, 0) is 24.6 Å². The minimum atomic E-state index is 0.0502. The quantitative estimate of drug-likeness (QED) is 0.854. The monoisotopic (exact) mass is 348 g/mol. The molecule has 3 N–H and O–H groups in total. The number of halogens is 1.